The third kappa shape index (κ3) is 3.12. The maximum Gasteiger partial charge on any atom is 0.149 e. The summed E-state index contributed by atoms with van der Waals surface area (Å²) < 4.78 is 0. The second-order valence-electron chi connectivity index (χ2n) is 11.5. The molecule has 4 saturated carbocycles. The molecule has 5 N–H and O–H groups in total. The summed E-state index contributed by atoms with van der Waals surface area (Å²) in [4.78, 5) is 4.45. The number of fused-ring (bicyclic) bond motifs is 5. The molecule has 1 heterocycles. The summed E-state index contributed by atoms with van der Waals surface area (Å²) in [7, 11) is 0. The van der Waals surface area contributed by atoms with Gasteiger partial charge in [0.25, 0.3) is 0 Å². The van der Waals surface area contributed by atoms with Gasteiger partial charge in [-0.2, -0.15) is 5.10 Å². The Balaban J connectivity index is 1.38. The van der Waals surface area contributed by atoms with Gasteiger partial charge < -0.3 is 21.4 Å². The third-order valence-electron chi connectivity index (χ3n) is 10.4. The number of allylic oxidation sites excluding steroid dienone is 1. The molecule has 6 heteroatoms. The minimum Gasteiger partial charge on any atom is -0.393 e. The number of aliphatic hydroxyl groups excluding tert-OH is 1. The molecule has 0 bridgehead atoms. The highest BCUT2D eigenvalue weighted by molar-refractivity contribution is 6.45. The second kappa shape index (κ2) is 7.58. The van der Waals surface area contributed by atoms with Crippen LogP contribution in [0, 0.1) is 34.5 Å². The molecule has 0 unspecified atom stereocenters. The molecule has 8 atom stereocenters. The predicted molar refractivity (Wildman–Crippen MR) is 124 cm³/mol. The number of nitrogens with two attached hydrogens (primary N) is 1. The number of rotatable bonds is 3. The van der Waals surface area contributed by atoms with Crippen molar-refractivity contribution in [2.75, 3.05) is 13.1 Å². The van der Waals surface area contributed by atoms with E-state index in [-0.39, 0.29) is 16.9 Å². The van der Waals surface area contributed by atoms with Gasteiger partial charge in [0, 0.05) is 12.0 Å². The van der Waals surface area contributed by atoms with E-state index in [2.05, 4.69) is 35.3 Å². The molecule has 4 fully saturated rings. The van der Waals surface area contributed by atoms with Crippen LogP contribution in [0.15, 0.2) is 22.2 Å². The van der Waals surface area contributed by atoms with Gasteiger partial charge in [0.1, 0.15) is 11.5 Å². The smallest absolute Gasteiger partial charge is 0.149 e. The van der Waals surface area contributed by atoms with E-state index in [1.54, 1.807) is 0 Å². The van der Waals surface area contributed by atoms with Crippen LogP contribution in [0.3, 0.4) is 0 Å². The quantitative estimate of drug-likeness (QED) is 0.315. The Morgan fingerprint density at radius 1 is 1.13 bits per heavy atom. The van der Waals surface area contributed by atoms with Crippen molar-refractivity contribution in [2.45, 2.75) is 83.3 Å². The minimum absolute atomic E-state index is 0.104. The lowest BCUT2D eigenvalue weighted by Gasteiger charge is -2.63. The van der Waals surface area contributed by atoms with E-state index in [1.807, 2.05) is 6.08 Å². The standard InChI is InChI=1S/C25H40N4O2/c1-23-10-8-18(30)15-17(23)3-5-20-19(23)9-11-24(2)16(7-12-25(20,24)31)4-6-21(29-26)22-27-13-14-28-22/h4,6,16-20,30-31H,3,5,7-15,26H2,1-2H3,(H,27,28)/b6-4+,29-21+/t16-,17+,18-,19-,20+,23-,24+,25-/m0/s1. The van der Waals surface area contributed by atoms with Gasteiger partial charge in [-0.25, -0.2) is 0 Å². The summed E-state index contributed by atoms with van der Waals surface area (Å²) in [6, 6.07) is 0. The topological polar surface area (TPSA) is 103 Å². The van der Waals surface area contributed by atoms with Crippen molar-refractivity contribution >= 4 is 11.5 Å². The van der Waals surface area contributed by atoms with E-state index in [9.17, 15) is 10.2 Å². The van der Waals surface area contributed by atoms with Crippen LogP contribution in [0.2, 0.25) is 0 Å². The maximum atomic E-state index is 12.3. The summed E-state index contributed by atoms with van der Waals surface area (Å²) in [6.07, 6.45) is 13.6. The molecule has 0 radical (unpaired) electrons. The first-order chi connectivity index (χ1) is 14.8. The van der Waals surface area contributed by atoms with Crippen molar-refractivity contribution in [1.29, 1.82) is 0 Å². The fourth-order valence-corrected chi connectivity index (χ4v) is 8.51. The van der Waals surface area contributed by atoms with Gasteiger partial charge in [-0.15, -0.1) is 0 Å². The molecule has 31 heavy (non-hydrogen) atoms. The molecule has 0 aromatic carbocycles. The van der Waals surface area contributed by atoms with Crippen molar-refractivity contribution in [1.82, 2.24) is 5.32 Å². The summed E-state index contributed by atoms with van der Waals surface area (Å²) in [5.74, 6) is 8.34. The highest BCUT2D eigenvalue weighted by Crippen LogP contribution is 2.69. The Morgan fingerprint density at radius 3 is 2.71 bits per heavy atom. The van der Waals surface area contributed by atoms with Crippen molar-refractivity contribution in [2.24, 2.45) is 50.4 Å². The molecular formula is C25H40N4O2. The van der Waals surface area contributed by atoms with Crippen LogP contribution in [0.1, 0.15) is 71.6 Å². The Kier molecular flexibility index (Phi) is 5.25. The predicted octanol–water partition coefficient (Wildman–Crippen LogP) is 2.99. The Labute approximate surface area is 186 Å². The van der Waals surface area contributed by atoms with E-state index in [0.717, 1.165) is 70.3 Å². The zero-order valence-corrected chi connectivity index (χ0v) is 19.2. The fourth-order valence-electron chi connectivity index (χ4n) is 8.51. The van der Waals surface area contributed by atoms with Crippen LogP contribution < -0.4 is 11.2 Å². The molecule has 0 spiro atoms. The fraction of sp³-hybridized carbons (Fsp3) is 0.840. The van der Waals surface area contributed by atoms with E-state index >= 15 is 0 Å². The van der Waals surface area contributed by atoms with Gasteiger partial charge >= 0.3 is 0 Å². The average Bonchev–Trinajstić information content (AvgIpc) is 3.36. The number of aliphatic imine (C=N–C) groups is 1. The van der Waals surface area contributed by atoms with E-state index < -0.39 is 5.60 Å². The number of hydrogen-bond donors (Lipinski definition) is 4. The Bertz CT molecular complexity index is 809. The Morgan fingerprint density at radius 2 is 1.97 bits per heavy atom. The number of amidine groups is 1. The normalized spacial score (nSPS) is 49.9. The first kappa shape index (κ1) is 21.4. The lowest BCUT2D eigenvalue weighted by molar-refractivity contribution is -0.207. The number of aliphatic hydroxyl groups is 2. The van der Waals surface area contributed by atoms with E-state index in [4.69, 9.17) is 5.84 Å². The SMILES string of the molecule is C[C@]12CC[C@H](O)C[C@H]1CC[C@@H]1[C@@H]2CC[C@]2(C)[C@@H](/C=C/C(=N\N)C3=NCCN3)CC[C@]12O. The van der Waals surface area contributed by atoms with Gasteiger partial charge in [0.15, 0.2) is 0 Å². The first-order valence-corrected chi connectivity index (χ1v) is 12.5. The van der Waals surface area contributed by atoms with Gasteiger partial charge in [-0.05, 0) is 93.0 Å². The van der Waals surface area contributed by atoms with Crippen LogP contribution in [0.4, 0.5) is 0 Å². The zero-order chi connectivity index (χ0) is 21.9. The van der Waals surface area contributed by atoms with Crippen molar-refractivity contribution < 1.29 is 10.2 Å². The molecule has 0 aromatic heterocycles. The molecule has 0 amide bonds. The average molecular weight is 429 g/mol. The van der Waals surface area contributed by atoms with Crippen LogP contribution >= 0.6 is 0 Å². The van der Waals surface area contributed by atoms with Crippen LogP contribution in [-0.4, -0.2) is 46.6 Å². The van der Waals surface area contributed by atoms with Crippen molar-refractivity contribution in [3.05, 3.63) is 12.2 Å². The molecule has 6 nitrogen and oxygen atoms in total. The molecular weight excluding hydrogens is 388 g/mol. The van der Waals surface area contributed by atoms with Crippen LogP contribution in [0.5, 0.6) is 0 Å². The maximum absolute atomic E-state index is 12.3. The van der Waals surface area contributed by atoms with Crippen LogP contribution in [-0.2, 0) is 0 Å². The molecule has 0 saturated heterocycles. The zero-order valence-electron chi connectivity index (χ0n) is 19.2. The number of hydrogen-bond acceptors (Lipinski definition) is 6. The number of hydrazone groups is 1. The van der Waals surface area contributed by atoms with Gasteiger partial charge in [-0.3, -0.25) is 4.99 Å². The lowest BCUT2D eigenvalue weighted by Crippen LogP contribution is -2.62. The largest absolute Gasteiger partial charge is 0.393 e. The summed E-state index contributed by atoms with van der Waals surface area (Å²) in [6.45, 7) is 6.40. The number of nitrogens with zero attached hydrogens (tertiary/aromatic N) is 2. The van der Waals surface area contributed by atoms with Crippen molar-refractivity contribution in [3.8, 4) is 0 Å². The third-order valence-corrected chi connectivity index (χ3v) is 10.4. The molecule has 5 aliphatic rings. The molecule has 4 aliphatic carbocycles. The summed E-state index contributed by atoms with van der Waals surface area (Å²) >= 11 is 0. The number of nitrogens with one attached hydrogen (secondary N) is 1. The highest BCUT2D eigenvalue weighted by atomic mass is 16.3. The lowest BCUT2D eigenvalue weighted by atomic mass is 9.43. The molecule has 5 rings (SSSR count). The Hall–Kier alpha value is -1.40. The monoisotopic (exact) mass is 428 g/mol. The molecule has 172 valence electrons. The summed E-state index contributed by atoms with van der Waals surface area (Å²) in [5.41, 5.74) is 0.280. The van der Waals surface area contributed by atoms with Crippen LogP contribution in [0.25, 0.3) is 0 Å². The van der Waals surface area contributed by atoms with Crippen molar-refractivity contribution in [3.63, 3.8) is 0 Å². The van der Waals surface area contributed by atoms with Gasteiger partial charge in [0.05, 0.1) is 18.2 Å². The van der Waals surface area contributed by atoms with Gasteiger partial charge in [-0.1, -0.05) is 19.9 Å². The molecule has 0 aromatic rings. The minimum atomic E-state index is -0.599. The second-order valence-corrected chi connectivity index (χ2v) is 11.5. The van der Waals surface area contributed by atoms with Gasteiger partial charge in [0.2, 0.25) is 0 Å². The highest BCUT2D eigenvalue weighted by Gasteiger charge is 2.66. The van der Waals surface area contributed by atoms with E-state index in [1.165, 1.54) is 6.42 Å². The first-order valence-electron chi connectivity index (χ1n) is 12.5. The van der Waals surface area contributed by atoms with E-state index in [0.29, 0.717) is 29.4 Å². The molecule has 1 aliphatic heterocycles. The summed E-state index contributed by atoms with van der Waals surface area (Å²) in [5, 5.41) is 29.7.